The lowest BCUT2D eigenvalue weighted by atomic mass is 9.95. The number of nitrogens with one attached hydrogen (secondary N) is 1. The fourth-order valence-electron chi connectivity index (χ4n) is 5.12. The van der Waals surface area contributed by atoms with Crippen LogP contribution in [0.1, 0.15) is 88.9 Å². The quantitative estimate of drug-likeness (QED) is 0.658. The topological polar surface area (TPSA) is 92.5 Å². The molecular formula is C25H30N6O2. The van der Waals surface area contributed by atoms with Crippen molar-refractivity contribution in [3.05, 3.63) is 59.1 Å². The van der Waals surface area contributed by atoms with Crippen LogP contribution in [0, 0.1) is 13.8 Å². The Kier molecular flexibility index (Phi) is 5.83. The predicted octanol–water partition coefficient (Wildman–Crippen LogP) is 3.78. The Labute approximate surface area is 193 Å². The van der Waals surface area contributed by atoms with Gasteiger partial charge < -0.3 is 14.6 Å². The molecule has 8 heteroatoms. The number of nitrogens with zero attached hydrogens (tertiary/aromatic N) is 5. The van der Waals surface area contributed by atoms with Crippen molar-refractivity contribution < 1.29 is 9.59 Å². The highest BCUT2D eigenvalue weighted by atomic mass is 16.2. The Hall–Kier alpha value is -3.29. The van der Waals surface area contributed by atoms with Gasteiger partial charge in [0.25, 0.3) is 11.8 Å². The van der Waals surface area contributed by atoms with Crippen LogP contribution in [-0.4, -0.2) is 48.7 Å². The number of aromatic nitrogens is 4. The summed E-state index contributed by atoms with van der Waals surface area (Å²) in [7, 11) is 0. The minimum atomic E-state index is -0.266. The zero-order valence-corrected chi connectivity index (χ0v) is 19.3. The van der Waals surface area contributed by atoms with Gasteiger partial charge in [0.2, 0.25) is 0 Å². The Morgan fingerprint density at radius 2 is 1.88 bits per heavy atom. The molecule has 2 amide bonds. The van der Waals surface area contributed by atoms with E-state index in [-0.39, 0.29) is 23.9 Å². The summed E-state index contributed by atoms with van der Waals surface area (Å²) in [5, 5.41) is 3.18. The summed E-state index contributed by atoms with van der Waals surface area (Å²) in [4.78, 5) is 42.1. The van der Waals surface area contributed by atoms with Crippen LogP contribution in [0.15, 0.2) is 30.7 Å². The van der Waals surface area contributed by atoms with E-state index in [0.717, 1.165) is 49.7 Å². The van der Waals surface area contributed by atoms with Gasteiger partial charge in [-0.25, -0.2) is 15.0 Å². The van der Waals surface area contributed by atoms with Gasteiger partial charge in [-0.05, 0) is 51.2 Å². The number of imidazole rings is 1. The maximum atomic E-state index is 13.5. The fraction of sp³-hybridized carbons (Fsp3) is 0.480. The van der Waals surface area contributed by atoms with Crippen LogP contribution >= 0.6 is 0 Å². The molecule has 5 rings (SSSR count). The van der Waals surface area contributed by atoms with Gasteiger partial charge in [0, 0.05) is 31.2 Å². The Balaban J connectivity index is 1.44. The Morgan fingerprint density at radius 1 is 1.06 bits per heavy atom. The number of hydrogen-bond acceptors (Lipinski definition) is 5. The average molecular weight is 447 g/mol. The van der Waals surface area contributed by atoms with Crippen molar-refractivity contribution in [1.82, 2.24) is 29.6 Å². The molecule has 8 nitrogen and oxygen atoms in total. The Morgan fingerprint density at radius 3 is 2.67 bits per heavy atom. The largest absolute Gasteiger partial charge is 0.349 e. The molecule has 2 aliphatic rings. The number of rotatable bonds is 4. The first-order valence-corrected chi connectivity index (χ1v) is 11.9. The van der Waals surface area contributed by atoms with E-state index in [1.807, 2.05) is 41.5 Å². The third-order valence-electron chi connectivity index (χ3n) is 6.85. The number of pyridine rings is 1. The van der Waals surface area contributed by atoms with Crippen molar-refractivity contribution in [2.24, 2.45) is 0 Å². The molecule has 4 heterocycles. The summed E-state index contributed by atoms with van der Waals surface area (Å²) in [5.41, 5.74) is 3.32. The third-order valence-corrected chi connectivity index (χ3v) is 6.85. The molecule has 1 saturated heterocycles. The zero-order valence-electron chi connectivity index (χ0n) is 19.3. The van der Waals surface area contributed by atoms with Crippen LogP contribution < -0.4 is 5.32 Å². The monoisotopic (exact) mass is 446 g/mol. The van der Waals surface area contributed by atoms with E-state index < -0.39 is 0 Å². The van der Waals surface area contributed by atoms with Crippen LogP contribution in [-0.2, 0) is 0 Å². The van der Waals surface area contributed by atoms with Crippen LogP contribution in [0.5, 0.6) is 0 Å². The number of amides is 2. The van der Waals surface area contributed by atoms with Gasteiger partial charge in [-0.1, -0.05) is 25.3 Å². The molecule has 3 aromatic rings. The summed E-state index contributed by atoms with van der Waals surface area (Å²) in [6, 6.07) is 3.86. The first-order valence-electron chi connectivity index (χ1n) is 11.9. The van der Waals surface area contributed by atoms with Crippen molar-refractivity contribution in [2.45, 2.75) is 70.9 Å². The van der Waals surface area contributed by atoms with Crippen molar-refractivity contribution in [1.29, 1.82) is 0 Å². The average Bonchev–Trinajstić information content (AvgIpc) is 3.47. The zero-order chi connectivity index (χ0) is 22.9. The highest BCUT2D eigenvalue weighted by molar-refractivity contribution is 5.96. The summed E-state index contributed by atoms with van der Waals surface area (Å²) < 4.78 is 1.88. The van der Waals surface area contributed by atoms with Gasteiger partial charge in [-0.3, -0.25) is 9.59 Å². The lowest BCUT2D eigenvalue weighted by molar-refractivity contribution is 0.0723. The van der Waals surface area contributed by atoms with Crippen molar-refractivity contribution >= 4 is 17.5 Å². The van der Waals surface area contributed by atoms with E-state index in [1.165, 1.54) is 6.42 Å². The van der Waals surface area contributed by atoms with Gasteiger partial charge in [0.15, 0.2) is 0 Å². The molecule has 3 aromatic heterocycles. The maximum absolute atomic E-state index is 13.5. The molecule has 1 saturated carbocycles. The maximum Gasteiger partial charge on any atom is 0.274 e. The van der Waals surface area contributed by atoms with Crippen LogP contribution in [0.3, 0.4) is 0 Å². The van der Waals surface area contributed by atoms with Gasteiger partial charge in [0.05, 0.1) is 17.3 Å². The second-order valence-electron chi connectivity index (χ2n) is 9.23. The number of carbonyl (C=O) groups excluding carboxylic acids is 2. The molecule has 0 unspecified atom stereocenters. The number of fused-ring (bicyclic) bond motifs is 1. The first kappa shape index (κ1) is 21.6. The van der Waals surface area contributed by atoms with Gasteiger partial charge >= 0.3 is 0 Å². The van der Waals surface area contributed by atoms with Gasteiger partial charge in [0.1, 0.15) is 17.2 Å². The normalized spacial score (nSPS) is 19.2. The molecule has 1 aliphatic carbocycles. The summed E-state index contributed by atoms with van der Waals surface area (Å²) in [6.07, 6.45) is 12.4. The number of carbonyl (C=O) groups is 2. The summed E-state index contributed by atoms with van der Waals surface area (Å²) >= 11 is 0. The first-order chi connectivity index (χ1) is 16.0. The van der Waals surface area contributed by atoms with Crippen LogP contribution in [0.4, 0.5) is 0 Å². The minimum absolute atomic E-state index is 0.129. The minimum Gasteiger partial charge on any atom is -0.349 e. The SMILES string of the molecule is Cc1ncc(C(=O)NC2CCCCC2)c([C@H]2CCCN2C(=O)c2cn3cccc(C)c3n2)n1. The summed E-state index contributed by atoms with van der Waals surface area (Å²) in [5.74, 6) is 0.330. The van der Waals surface area contributed by atoms with Gasteiger partial charge in [-0.15, -0.1) is 0 Å². The highest BCUT2D eigenvalue weighted by Gasteiger charge is 2.35. The second-order valence-corrected chi connectivity index (χ2v) is 9.23. The molecule has 1 aliphatic heterocycles. The number of aryl methyl sites for hydroxylation is 2. The fourth-order valence-corrected chi connectivity index (χ4v) is 5.12. The van der Waals surface area contributed by atoms with Crippen LogP contribution in [0.25, 0.3) is 5.65 Å². The molecule has 1 atom stereocenters. The van der Waals surface area contributed by atoms with Gasteiger partial charge in [-0.2, -0.15) is 0 Å². The molecule has 0 bridgehead atoms. The lowest BCUT2D eigenvalue weighted by Crippen LogP contribution is -2.38. The molecule has 172 valence electrons. The van der Waals surface area contributed by atoms with E-state index in [2.05, 4.69) is 20.3 Å². The van der Waals surface area contributed by atoms with E-state index in [4.69, 9.17) is 0 Å². The third kappa shape index (κ3) is 4.21. The molecule has 0 spiro atoms. The lowest BCUT2D eigenvalue weighted by Gasteiger charge is -2.26. The predicted molar refractivity (Wildman–Crippen MR) is 124 cm³/mol. The van der Waals surface area contributed by atoms with Crippen LogP contribution in [0.2, 0.25) is 0 Å². The van der Waals surface area contributed by atoms with E-state index >= 15 is 0 Å². The second kappa shape index (κ2) is 8.92. The number of likely N-dealkylation sites (tertiary alicyclic amines) is 1. The molecule has 1 N–H and O–H groups in total. The molecular weight excluding hydrogens is 416 g/mol. The molecule has 0 radical (unpaired) electrons. The van der Waals surface area contributed by atoms with Crippen molar-refractivity contribution in [2.75, 3.05) is 6.54 Å². The van der Waals surface area contributed by atoms with Crippen molar-refractivity contribution in [3.8, 4) is 0 Å². The summed E-state index contributed by atoms with van der Waals surface area (Å²) in [6.45, 7) is 4.41. The standard InChI is InChI=1S/C25H30N6O2/c1-16-8-6-12-30-15-20(29-23(16)30)25(33)31-13-7-11-21(31)22-19(14-26-17(2)27-22)24(32)28-18-9-4-3-5-10-18/h6,8,12,14-15,18,21H,3-5,7,9-11,13H2,1-2H3,(H,28,32)/t21-/m1/s1. The Bertz CT molecular complexity index is 1200. The molecule has 33 heavy (non-hydrogen) atoms. The highest BCUT2D eigenvalue weighted by Crippen LogP contribution is 2.34. The molecule has 2 fully saturated rings. The van der Waals surface area contributed by atoms with Crippen molar-refractivity contribution in [3.63, 3.8) is 0 Å². The van der Waals surface area contributed by atoms with E-state index in [9.17, 15) is 9.59 Å². The molecule has 0 aromatic carbocycles. The number of hydrogen-bond donors (Lipinski definition) is 1. The van der Waals surface area contributed by atoms with E-state index in [0.29, 0.717) is 29.3 Å². The smallest absolute Gasteiger partial charge is 0.274 e. The van der Waals surface area contributed by atoms with E-state index in [1.54, 1.807) is 12.4 Å².